The van der Waals surface area contributed by atoms with Gasteiger partial charge in [0.15, 0.2) is 5.16 Å². The third-order valence-corrected chi connectivity index (χ3v) is 6.12. The number of piperidine rings is 1. The lowest BCUT2D eigenvalue weighted by atomic mass is 9.98. The van der Waals surface area contributed by atoms with Crippen LogP contribution in [0.3, 0.4) is 0 Å². The molecule has 3 rings (SSSR count). The molecule has 2 heterocycles. The predicted molar refractivity (Wildman–Crippen MR) is 114 cm³/mol. The lowest BCUT2D eigenvalue weighted by Crippen LogP contribution is -2.43. The van der Waals surface area contributed by atoms with Gasteiger partial charge in [-0.1, -0.05) is 37.7 Å². The highest BCUT2D eigenvalue weighted by molar-refractivity contribution is 7.99. The zero-order valence-electron chi connectivity index (χ0n) is 17.3. The maximum absolute atomic E-state index is 12.7. The number of likely N-dealkylation sites (tertiary alicyclic amines) is 1. The van der Waals surface area contributed by atoms with Crippen LogP contribution in [0.25, 0.3) is 5.69 Å². The lowest BCUT2D eigenvalue weighted by molar-refractivity contribution is -0.151. The molecule has 1 aliphatic heterocycles. The van der Waals surface area contributed by atoms with E-state index in [9.17, 15) is 9.59 Å². The predicted octanol–water partition coefficient (Wildman–Crippen LogP) is 3.89. The Hall–Kier alpha value is -2.28. The van der Waals surface area contributed by atoms with Crippen LogP contribution in [0.5, 0.6) is 0 Å². The number of carbonyl (C=O) groups excluding carboxylic acids is 2. The second kappa shape index (κ2) is 9.96. The summed E-state index contributed by atoms with van der Waals surface area (Å²) in [4.78, 5) is 30.9. The number of hydrogen-bond acceptors (Lipinski definition) is 5. The fourth-order valence-electron chi connectivity index (χ4n) is 3.49. The summed E-state index contributed by atoms with van der Waals surface area (Å²) < 4.78 is 7.12. The molecule has 7 heteroatoms. The first-order valence-electron chi connectivity index (χ1n) is 10.2. The molecular weight excluding hydrogens is 386 g/mol. The molecule has 1 aromatic heterocycles. The topological polar surface area (TPSA) is 64.4 Å². The molecule has 0 unspecified atom stereocenters. The second-order valence-electron chi connectivity index (χ2n) is 7.55. The molecule has 0 N–H and O–H groups in total. The SMILES string of the molecule is CCOC(=O)[C@H]1CCCN(C(=O)CSc2nccn2-c2ccc(C(C)C)cc2)C1. The average molecular weight is 416 g/mol. The first kappa shape index (κ1) is 21.4. The molecule has 6 nitrogen and oxygen atoms in total. The van der Waals surface area contributed by atoms with Gasteiger partial charge in [-0.05, 0) is 43.4 Å². The molecule has 2 aromatic rings. The molecule has 156 valence electrons. The first-order chi connectivity index (χ1) is 14.0. The van der Waals surface area contributed by atoms with Crippen molar-refractivity contribution in [3.63, 3.8) is 0 Å². The molecule has 0 spiro atoms. The highest BCUT2D eigenvalue weighted by Crippen LogP contribution is 2.24. The van der Waals surface area contributed by atoms with Crippen molar-refractivity contribution in [1.82, 2.24) is 14.5 Å². The number of amides is 1. The van der Waals surface area contributed by atoms with Gasteiger partial charge in [-0.25, -0.2) is 4.98 Å². The number of thioether (sulfide) groups is 1. The smallest absolute Gasteiger partial charge is 0.310 e. The monoisotopic (exact) mass is 415 g/mol. The van der Waals surface area contributed by atoms with Gasteiger partial charge in [0.2, 0.25) is 5.91 Å². The van der Waals surface area contributed by atoms with Gasteiger partial charge < -0.3 is 9.64 Å². The van der Waals surface area contributed by atoms with E-state index in [0.717, 1.165) is 23.7 Å². The van der Waals surface area contributed by atoms with Crippen LogP contribution in [0.2, 0.25) is 0 Å². The van der Waals surface area contributed by atoms with E-state index in [1.807, 2.05) is 10.8 Å². The van der Waals surface area contributed by atoms with Crippen molar-refractivity contribution < 1.29 is 14.3 Å². The van der Waals surface area contributed by atoms with Gasteiger partial charge in [0, 0.05) is 31.2 Å². The number of carbonyl (C=O) groups is 2. The van der Waals surface area contributed by atoms with Gasteiger partial charge in [-0.15, -0.1) is 0 Å². The van der Waals surface area contributed by atoms with E-state index in [0.29, 0.717) is 31.4 Å². The van der Waals surface area contributed by atoms with Gasteiger partial charge in [0.1, 0.15) is 0 Å². The van der Waals surface area contributed by atoms with Crippen LogP contribution in [0, 0.1) is 5.92 Å². The zero-order chi connectivity index (χ0) is 20.8. The highest BCUT2D eigenvalue weighted by Gasteiger charge is 2.29. The number of nitrogens with zero attached hydrogens (tertiary/aromatic N) is 3. The third kappa shape index (κ3) is 5.41. The van der Waals surface area contributed by atoms with Crippen LogP contribution in [-0.4, -0.2) is 51.8 Å². The maximum atomic E-state index is 12.7. The molecule has 29 heavy (non-hydrogen) atoms. The van der Waals surface area contributed by atoms with E-state index in [-0.39, 0.29) is 17.8 Å². The van der Waals surface area contributed by atoms with Gasteiger partial charge in [0.25, 0.3) is 0 Å². The largest absolute Gasteiger partial charge is 0.466 e. The molecule has 1 amide bonds. The quantitative estimate of drug-likeness (QED) is 0.507. The van der Waals surface area contributed by atoms with Crippen molar-refractivity contribution in [2.75, 3.05) is 25.4 Å². The Kier molecular flexibility index (Phi) is 7.36. The van der Waals surface area contributed by atoms with Crippen molar-refractivity contribution in [2.24, 2.45) is 5.92 Å². The summed E-state index contributed by atoms with van der Waals surface area (Å²) in [5, 5.41) is 0.787. The maximum Gasteiger partial charge on any atom is 0.310 e. The minimum absolute atomic E-state index is 0.0358. The van der Waals surface area contributed by atoms with Crippen molar-refractivity contribution >= 4 is 23.6 Å². The average Bonchev–Trinajstić information content (AvgIpc) is 3.21. The first-order valence-corrected chi connectivity index (χ1v) is 11.2. The molecular formula is C22H29N3O3S. The Morgan fingerprint density at radius 1 is 1.28 bits per heavy atom. The van der Waals surface area contributed by atoms with Crippen LogP contribution in [0.4, 0.5) is 0 Å². The van der Waals surface area contributed by atoms with E-state index >= 15 is 0 Å². The molecule has 1 saturated heterocycles. The second-order valence-corrected chi connectivity index (χ2v) is 8.49. The Morgan fingerprint density at radius 3 is 2.72 bits per heavy atom. The Balaban J connectivity index is 1.60. The molecule has 1 aliphatic rings. The summed E-state index contributed by atoms with van der Waals surface area (Å²) in [5.74, 6) is 0.420. The molecule has 0 radical (unpaired) electrons. The Bertz CT molecular complexity index is 832. The highest BCUT2D eigenvalue weighted by atomic mass is 32.2. The molecule has 0 saturated carbocycles. The number of esters is 1. The number of ether oxygens (including phenoxy) is 1. The Morgan fingerprint density at radius 2 is 2.03 bits per heavy atom. The fraction of sp³-hybridized carbons (Fsp3) is 0.500. The summed E-state index contributed by atoms with van der Waals surface area (Å²) >= 11 is 1.43. The van der Waals surface area contributed by atoms with Crippen molar-refractivity contribution in [1.29, 1.82) is 0 Å². The fourth-order valence-corrected chi connectivity index (χ4v) is 4.36. The lowest BCUT2D eigenvalue weighted by Gasteiger charge is -2.31. The minimum Gasteiger partial charge on any atom is -0.466 e. The van der Waals surface area contributed by atoms with Crippen LogP contribution >= 0.6 is 11.8 Å². The zero-order valence-corrected chi connectivity index (χ0v) is 18.2. The van der Waals surface area contributed by atoms with Crippen molar-refractivity contribution in [3.05, 3.63) is 42.2 Å². The summed E-state index contributed by atoms with van der Waals surface area (Å²) in [6.07, 6.45) is 5.28. The van der Waals surface area contributed by atoms with Gasteiger partial charge in [0.05, 0.1) is 18.3 Å². The number of hydrogen-bond donors (Lipinski definition) is 0. The molecule has 0 aliphatic carbocycles. The normalized spacial score (nSPS) is 16.8. The number of benzene rings is 1. The van der Waals surface area contributed by atoms with E-state index in [1.54, 1.807) is 18.0 Å². The number of imidazole rings is 1. The van der Waals surface area contributed by atoms with Crippen LogP contribution in [0.1, 0.15) is 45.1 Å². The van der Waals surface area contributed by atoms with E-state index in [1.165, 1.54) is 17.3 Å². The van der Waals surface area contributed by atoms with E-state index in [4.69, 9.17) is 4.74 Å². The standard InChI is InChI=1S/C22H29N3O3S/c1-4-28-21(27)18-6-5-12-24(14-18)20(26)15-29-22-23-11-13-25(22)19-9-7-17(8-10-19)16(2)3/h7-11,13,16,18H,4-6,12,14-15H2,1-3H3/t18-/m0/s1. The van der Waals surface area contributed by atoms with Crippen molar-refractivity contribution in [2.45, 2.75) is 44.7 Å². The molecule has 0 bridgehead atoms. The third-order valence-electron chi connectivity index (χ3n) is 5.16. The van der Waals surface area contributed by atoms with E-state index < -0.39 is 0 Å². The van der Waals surface area contributed by atoms with Gasteiger partial charge >= 0.3 is 5.97 Å². The summed E-state index contributed by atoms with van der Waals surface area (Å²) in [7, 11) is 0. The van der Waals surface area contributed by atoms with Crippen LogP contribution in [-0.2, 0) is 14.3 Å². The molecule has 1 fully saturated rings. The van der Waals surface area contributed by atoms with Crippen molar-refractivity contribution in [3.8, 4) is 5.69 Å². The van der Waals surface area contributed by atoms with Crippen LogP contribution < -0.4 is 0 Å². The number of rotatable bonds is 7. The number of aromatic nitrogens is 2. The van der Waals surface area contributed by atoms with Crippen LogP contribution in [0.15, 0.2) is 41.8 Å². The van der Waals surface area contributed by atoms with Gasteiger partial charge in [-0.2, -0.15) is 0 Å². The Labute approximate surface area is 176 Å². The van der Waals surface area contributed by atoms with Gasteiger partial charge in [-0.3, -0.25) is 14.2 Å². The molecule has 1 atom stereocenters. The summed E-state index contributed by atoms with van der Waals surface area (Å²) in [6, 6.07) is 8.42. The minimum atomic E-state index is -0.209. The summed E-state index contributed by atoms with van der Waals surface area (Å²) in [6.45, 7) is 7.67. The van der Waals surface area contributed by atoms with E-state index in [2.05, 4.69) is 43.1 Å². The molecule has 1 aromatic carbocycles. The summed E-state index contributed by atoms with van der Waals surface area (Å²) in [5.41, 5.74) is 2.32.